The highest BCUT2D eigenvalue weighted by Gasteiger charge is 2.61. The lowest BCUT2D eigenvalue weighted by Crippen LogP contribution is -2.57. The summed E-state index contributed by atoms with van der Waals surface area (Å²) in [6.07, 6.45) is 8.64. The maximum absolute atomic E-state index is 12.5. The van der Waals surface area contributed by atoms with Gasteiger partial charge in [0.05, 0.1) is 0 Å². The van der Waals surface area contributed by atoms with E-state index in [9.17, 15) is 14.7 Å². The standard InChI is InChI=1S/C21H32O3/c1-13(22)21(24)11-10-19(2)14(12-21)4-5-15-16-6-7-18(23)20(16,3)9-8-17(15)19/h14-17,24H,4-12H2,1-3H3/t14-,15+,16-,17+,19-,20-,21-/m0/s1. The van der Waals surface area contributed by atoms with Crippen molar-refractivity contribution in [1.82, 2.24) is 0 Å². The molecule has 4 fully saturated rings. The summed E-state index contributed by atoms with van der Waals surface area (Å²) in [6, 6.07) is 0. The van der Waals surface area contributed by atoms with Crippen LogP contribution in [0.3, 0.4) is 0 Å². The summed E-state index contributed by atoms with van der Waals surface area (Å²) in [6.45, 7) is 6.20. The van der Waals surface area contributed by atoms with Gasteiger partial charge in [-0.25, -0.2) is 0 Å². The number of rotatable bonds is 1. The van der Waals surface area contributed by atoms with Gasteiger partial charge in [0.1, 0.15) is 11.4 Å². The van der Waals surface area contributed by atoms with Crippen LogP contribution in [-0.4, -0.2) is 22.3 Å². The van der Waals surface area contributed by atoms with Crippen molar-refractivity contribution < 1.29 is 14.7 Å². The molecule has 4 rings (SSSR count). The fraction of sp³-hybridized carbons (Fsp3) is 0.905. The number of fused-ring (bicyclic) bond motifs is 5. The van der Waals surface area contributed by atoms with Gasteiger partial charge in [-0.3, -0.25) is 9.59 Å². The third-order valence-corrected chi connectivity index (χ3v) is 9.09. The van der Waals surface area contributed by atoms with E-state index in [-0.39, 0.29) is 16.6 Å². The number of aliphatic hydroxyl groups is 1. The molecular formula is C21H32O3. The molecule has 0 heterocycles. The van der Waals surface area contributed by atoms with Gasteiger partial charge in [0.25, 0.3) is 0 Å². The van der Waals surface area contributed by atoms with Crippen molar-refractivity contribution in [1.29, 1.82) is 0 Å². The van der Waals surface area contributed by atoms with Gasteiger partial charge in [0, 0.05) is 11.8 Å². The van der Waals surface area contributed by atoms with Crippen molar-refractivity contribution in [2.75, 3.05) is 0 Å². The van der Waals surface area contributed by atoms with E-state index in [1.807, 2.05) is 0 Å². The van der Waals surface area contributed by atoms with Gasteiger partial charge in [0.15, 0.2) is 5.78 Å². The van der Waals surface area contributed by atoms with Crippen molar-refractivity contribution in [2.45, 2.75) is 84.2 Å². The molecule has 134 valence electrons. The van der Waals surface area contributed by atoms with E-state index in [0.29, 0.717) is 42.3 Å². The maximum atomic E-state index is 12.5. The van der Waals surface area contributed by atoms with E-state index in [0.717, 1.165) is 38.5 Å². The summed E-state index contributed by atoms with van der Waals surface area (Å²) in [5, 5.41) is 10.7. The number of carbonyl (C=O) groups is 2. The van der Waals surface area contributed by atoms with Crippen LogP contribution in [0.25, 0.3) is 0 Å². The largest absolute Gasteiger partial charge is 0.382 e. The summed E-state index contributed by atoms with van der Waals surface area (Å²) in [7, 11) is 0. The van der Waals surface area contributed by atoms with Gasteiger partial charge in [-0.2, -0.15) is 0 Å². The van der Waals surface area contributed by atoms with Gasteiger partial charge in [-0.1, -0.05) is 13.8 Å². The Balaban J connectivity index is 1.61. The van der Waals surface area contributed by atoms with E-state index in [1.165, 1.54) is 6.42 Å². The van der Waals surface area contributed by atoms with E-state index >= 15 is 0 Å². The van der Waals surface area contributed by atoms with Crippen LogP contribution in [0.5, 0.6) is 0 Å². The summed E-state index contributed by atoms with van der Waals surface area (Å²) >= 11 is 0. The molecular weight excluding hydrogens is 300 g/mol. The maximum Gasteiger partial charge on any atom is 0.161 e. The molecule has 3 heteroatoms. The highest BCUT2D eigenvalue weighted by molar-refractivity contribution is 5.87. The molecule has 4 aliphatic carbocycles. The molecule has 3 nitrogen and oxygen atoms in total. The molecule has 0 aromatic rings. The zero-order valence-corrected chi connectivity index (χ0v) is 15.4. The molecule has 4 saturated carbocycles. The first kappa shape index (κ1) is 16.8. The predicted molar refractivity (Wildman–Crippen MR) is 92.4 cm³/mol. The molecule has 0 unspecified atom stereocenters. The number of ketones is 2. The van der Waals surface area contributed by atoms with Crippen molar-refractivity contribution >= 4 is 11.6 Å². The lowest BCUT2D eigenvalue weighted by atomic mass is 9.44. The molecule has 0 radical (unpaired) electrons. The highest BCUT2D eigenvalue weighted by Crippen LogP contribution is 2.66. The monoisotopic (exact) mass is 332 g/mol. The van der Waals surface area contributed by atoms with Crippen molar-refractivity contribution in [2.24, 2.45) is 34.5 Å². The summed E-state index contributed by atoms with van der Waals surface area (Å²) < 4.78 is 0. The number of hydrogen-bond acceptors (Lipinski definition) is 3. The quantitative estimate of drug-likeness (QED) is 0.792. The third-order valence-electron chi connectivity index (χ3n) is 9.09. The SMILES string of the molecule is CC(=O)[C@]1(O)CC[C@@]2(C)[C@@H](CC[C@H]3[C@H]2CC[C@]2(C)C(=O)CC[C@@H]32)C1. The number of carbonyl (C=O) groups excluding carboxylic acids is 2. The Labute approximate surface area is 145 Å². The van der Waals surface area contributed by atoms with Gasteiger partial charge in [-0.15, -0.1) is 0 Å². The van der Waals surface area contributed by atoms with Crippen LogP contribution in [0.15, 0.2) is 0 Å². The first-order valence-corrected chi connectivity index (χ1v) is 9.97. The van der Waals surface area contributed by atoms with E-state index < -0.39 is 5.60 Å². The smallest absolute Gasteiger partial charge is 0.161 e. The minimum atomic E-state index is -1.08. The van der Waals surface area contributed by atoms with Crippen LogP contribution in [0, 0.1) is 34.5 Å². The van der Waals surface area contributed by atoms with Crippen LogP contribution >= 0.6 is 0 Å². The Hall–Kier alpha value is -0.700. The second kappa shape index (κ2) is 5.16. The van der Waals surface area contributed by atoms with E-state index in [1.54, 1.807) is 6.92 Å². The van der Waals surface area contributed by atoms with E-state index in [2.05, 4.69) is 13.8 Å². The Bertz CT molecular complexity index is 584. The number of hydrogen-bond donors (Lipinski definition) is 1. The molecule has 0 amide bonds. The molecule has 4 aliphatic rings. The van der Waals surface area contributed by atoms with Gasteiger partial charge in [0.2, 0.25) is 0 Å². The molecule has 0 bridgehead atoms. The van der Waals surface area contributed by atoms with Crippen molar-refractivity contribution in [3.05, 3.63) is 0 Å². The highest BCUT2D eigenvalue weighted by atomic mass is 16.3. The van der Waals surface area contributed by atoms with E-state index in [4.69, 9.17) is 0 Å². The Kier molecular flexibility index (Phi) is 3.60. The Morgan fingerprint density at radius 2 is 1.79 bits per heavy atom. The van der Waals surface area contributed by atoms with Crippen LogP contribution in [0.2, 0.25) is 0 Å². The zero-order valence-electron chi connectivity index (χ0n) is 15.4. The van der Waals surface area contributed by atoms with Crippen LogP contribution in [-0.2, 0) is 9.59 Å². The topological polar surface area (TPSA) is 54.4 Å². The second-order valence-corrected chi connectivity index (χ2v) is 9.87. The van der Waals surface area contributed by atoms with Gasteiger partial charge in [-0.05, 0) is 87.4 Å². The number of Topliss-reactive ketones (excluding diaryl/α,β-unsaturated/α-hetero) is 2. The predicted octanol–water partition coefficient (Wildman–Crippen LogP) is 3.92. The lowest BCUT2D eigenvalue weighted by Gasteiger charge is -2.61. The van der Waals surface area contributed by atoms with Crippen molar-refractivity contribution in [3.8, 4) is 0 Å². The van der Waals surface area contributed by atoms with Crippen molar-refractivity contribution in [3.63, 3.8) is 0 Å². The minimum absolute atomic E-state index is 0.0516. The van der Waals surface area contributed by atoms with Crippen LogP contribution < -0.4 is 0 Å². The van der Waals surface area contributed by atoms with Crippen LogP contribution in [0.1, 0.15) is 78.6 Å². The minimum Gasteiger partial charge on any atom is -0.382 e. The first-order chi connectivity index (χ1) is 11.2. The molecule has 24 heavy (non-hydrogen) atoms. The van der Waals surface area contributed by atoms with Gasteiger partial charge < -0.3 is 5.11 Å². The molecule has 0 aromatic carbocycles. The second-order valence-electron chi connectivity index (χ2n) is 9.87. The fourth-order valence-electron chi connectivity index (χ4n) is 7.34. The molecule has 7 atom stereocenters. The normalized spacial score (nSPS) is 53.9. The molecule has 1 N–H and O–H groups in total. The third kappa shape index (κ3) is 2.06. The summed E-state index contributed by atoms with van der Waals surface area (Å²) in [5.74, 6) is 2.85. The first-order valence-electron chi connectivity index (χ1n) is 9.97. The fourth-order valence-corrected chi connectivity index (χ4v) is 7.34. The lowest BCUT2D eigenvalue weighted by molar-refractivity contribution is -0.165. The summed E-state index contributed by atoms with van der Waals surface area (Å²) in [5.41, 5.74) is -0.889. The molecule has 0 spiro atoms. The van der Waals surface area contributed by atoms with Crippen LogP contribution in [0.4, 0.5) is 0 Å². The molecule has 0 aromatic heterocycles. The Morgan fingerprint density at radius 3 is 2.50 bits per heavy atom. The summed E-state index contributed by atoms with van der Waals surface area (Å²) in [4.78, 5) is 24.4. The Morgan fingerprint density at radius 1 is 1.04 bits per heavy atom. The average molecular weight is 332 g/mol. The van der Waals surface area contributed by atoms with Gasteiger partial charge >= 0.3 is 0 Å². The average Bonchev–Trinajstić information content (AvgIpc) is 2.84. The zero-order chi connectivity index (χ0) is 17.3. The molecule has 0 aliphatic heterocycles. The molecule has 0 saturated heterocycles.